The van der Waals surface area contributed by atoms with E-state index in [-0.39, 0.29) is 12.1 Å². The molecule has 1 aliphatic heterocycles. The number of nitrogens with zero attached hydrogens (tertiary/aromatic N) is 2. The van der Waals surface area contributed by atoms with Gasteiger partial charge < -0.3 is 14.2 Å². The molecule has 5 aromatic carbocycles. The monoisotopic (exact) mass is 679 g/mol. The van der Waals surface area contributed by atoms with Crippen molar-refractivity contribution >= 4 is 105 Å². The fourth-order valence-corrected chi connectivity index (χ4v) is 8.82. The lowest BCUT2D eigenvalue weighted by Crippen LogP contribution is -2.45. The average molecular weight is 680 g/mol. The third-order valence-corrected chi connectivity index (χ3v) is 10.8. The number of hydrogen-bond donors (Lipinski definition) is 1. The maximum Gasteiger partial charge on any atom is 0.147 e. The van der Waals surface area contributed by atoms with Crippen LogP contribution in [0.4, 0.5) is 11.5 Å². The van der Waals surface area contributed by atoms with Gasteiger partial charge in [-0.3, -0.25) is 7.51 Å². The normalized spacial score (nSPS) is 18.1. The fourth-order valence-electron chi connectivity index (χ4n) is 7.83. The number of halogens is 1. The van der Waals surface area contributed by atoms with Crippen molar-refractivity contribution in [2.45, 2.75) is 12.1 Å². The summed E-state index contributed by atoms with van der Waals surface area (Å²) in [7, 11) is 0. The molecule has 5 nitrogen and oxygen atoms in total. The summed E-state index contributed by atoms with van der Waals surface area (Å²) in [6.07, 6.45) is 8.85. The van der Waals surface area contributed by atoms with Crippen molar-refractivity contribution in [1.82, 2.24) is 4.40 Å². The summed E-state index contributed by atoms with van der Waals surface area (Å²) in [5, 5.41) is 12.2. The highest BCUT2D eigenvalue weighted by Crippen LogP contribution is 2.53. The maximum atomic E-state index is 6.54. The Kier molecular flexibility index (Phi) is 4.35. The molecule has 0 radical (unpaired) electrons. The Hall–Kier alpha value is -4.95. The summed E-state index contributed by atoms with van der Waals surface area (Å²) in [6.45, 7) is 0. The Morgan fingerprint density at radius 3 is 2.27 bits per heavy atom. The molecular formula is C38H22IN3O2. The van der Waals surface area contributed by atoms with Gasteiger partial charge >= 0.3 is 0 Å². The van der Waals surface area contributed by atoms with Gasteiger partial charge in [-0.15, -0.1) is 0 Å². The molecule has 0 fully saturated rings. The lowest BCUT2D eigenvalue weighted by molar-refractivity contribution is 0.669. The number of anilines is 2. The summed E-state index contributed by atoms with van der Waals surface area (Å²) in [5.74, 6) is 1.17. The SMILES string of the molecule is IN1c2c(c3cc4oc5ccccc5c4c4c5cccc(-c6ccc7oc8ccccc8c7c6)c5n2c34)NC2C=CC=CC21. The van der Waals surface area contributed by atoms with Crippen LogP contribution >= 0.6 is 22.9 Å². The maximum absolute atomic E-state index is 6.54. The van der Waals surface area contributed by atoms with E-state index in [0.29, 0.717) is 0 Å². The lowest BCUT2D eigenvalue weighted by atomic mass is 9.97. The van der Waals surface area contributed by atoms with Crippen molar-refractivity contribution in [3.8, 4) is 11.1 Å². The Balaban J connectivity index is 1.33. The topological polar surface area (TPSA) is 46.0 Å². The predicted molar refractivity (Wildman–Crippen MR) is 190 cm³/mol. The van der Waals surface area contributed by atoms with Crippen molar-refractivity contribution in [3.63, 3.8) is 0 Å². The Bertz CT molecular complexity index is 2740. The number of benzene rings is 5. The summed E-state index contributed by atoms with van der Waals surface area (Å²) < 4.78 is 17.7. The van der Waals surface area contributed by atoms with Crippen LogP contribution in [0.15, 0.2) is 124 Å². The smallest absolute Gasteiger partial charge is 0.147 e. The van der Waals surface area contributed by atoms with Gasteiger partial charge in [0.25, 0.3) is 0 Å². The van der Waals surface area contributed by atoms with Crippen LogP contribution in [0.3, 0.4) is 0 Å². The minimum Gasteiger partial charge on any atom is -0.456 e. The zero-order chi connectivity index (χ0) is 28.7. The number of furan rings is 2. The van der Waals surface area contributed by atoms with E-state index in [2.05, 4.69) is 133 Å². The van der Waals surface area contributed by atoms with Gasteiger partial charge in [-0.05, 0) is 35.9 Å². The molecule has 9 aromatic rings. The zero-order valence-corrected chi connectivity index (χ0v) is 25.4. The van der Waals surface area contributed by atoms with Gasteiger partial charge in [-0.2, -0.15) is 0 Å². The quantitative estimate of drug-likeness (QED) is 0.139. The number of fused-ring (bicyclic) bond motifs is 14. The summed E-state index contributed by atoms with van der Waals surface area (Å²) >= 11 is 2.52. The molecule has 1 N–H and O–H groups in total. The molecule has 0 saturated heterocycles. The van der Waals surface area contributed by atoms with Gasteiger partial charge in [0.15, 0.2) is 0 Å². The van der Waals surface area contributed by atoms with Crippen molar-refractivity contribution in [2.75, 3.05) is 8.43 Å². The van der Waals surface area contributed by atoms with Gasteiger partial charge in [0.1, 0.15) is 28.1 Å². The van der Waals surface area contributed by atoms with E-state index in [4.69, 9.17) is 8.83 Å². The molecule has 0 saturated carbocycles. The molecule has 2 unspecified atom stereocenters. The fraction of sp³-hybridized carbons (Fsp3) is 0.0526. The third kappa shape index (κ3) is 2.80. The van der Waals surface area contributed by atoms with Crippen molar-refractivity contribution in [2.24, 2.45) is 0 Å². The first-order valence-electron chi connectivity index (χ1n) is 14.9. The molecule has 208 valence electrons. The Morgan fingerprint density at radius 1 is 0.614 bits per heavy atom. The molecular weight excluding hydrogens is 657 g/mol. The summed E-state index contributed by atoms with van der Waals surface area (Å²) in [5.41, 5.74) is 9.59. The molecule has 6 heteroatoms. The van der Waals surface area contributed by atoms with Crippen LogP contribution in [0.1, 0.15) is 0 Å². The number of aromatic nitrogens is 1. The van der Waals surface area contributed by atoms with E-state index in [1.807, 2.05) is 18.2 Å². The first kappa shape index (κ1) is 23.5. The molecule has 4 aromatic heterocycles. The largest absolute Gasteiger partial charge is 0.456 e. The van der Waals surface area contributed by atoms with Crippen LogP contribution in [0.25, 0.3) is 82.2 Å². The second-order valence-corrected chi connectivity index (χ2v) is 12.9. The van der Waals surface area contributed by atoms with Gasteiger partial charge in [0, 0.05) is 43.3 Å². The highest BCUT2D eigenvalue weighted by atomic mass is 127. The molecule has 0 spiro atoms. The Morgan fingerprint density at radius 2 is 1.36 bits per heavy atom. The van der Waals surface area contributed by atoms with Crippen molar-refractivity contribution < 1.29 is 8.83 Å². The van der Waals surface area contributed by atoms with Crippen LogP contribution in [-0.4, -0.2) is 16.5 Å². The van der Waals surface area contributed by atoms with Crippen LogP contribution in [-0.2, 0) is 0 Å². The van der Waals surface area contributed by atoms with Crippen LogP contribution in [0.2, 0.25) is 0 Å². The number of allylic oxidation sites excluding steroid dienone is 2. The zero-order valence-electron chi connectivity index (χ0n) is 23.2. The van der Waals surface area contributed by atoms with E-state index in [9.17, 15) is 0 Å². The number of para-hydroxylation sites is 3. The number of rotatable bonds is 1. The van der Waals surface area contributed by atoms with Gasteiger partial charge in [-0.25, -0.2) is 0 Å². The predicted octanol–water partition coefficient (Wildman–Crippen LogP) is 10.6. The van der Waals surface area contributed by atoms with Crippen molar-refractivity contribution in [1.29, 1.82) is 0 Å². The second-order valence-electron chi connectivity index (χ2n) is 11.9. The molecule has 44 heavy (non-hydrogen) atoms. The average Bonchev–Trinajstić information content (AvgIpc) is 3.80. The molecule has 2 atom stereocenters. The van der Waals surface area contributed by atoms with Crippen LogP contribution < -0.4 is 8.43 Å². The van der Waals surface area contributed by atoms with E-state index < -0.39 is 0 Å². The summed E-state index contributed by atoms with van der Waals surface area (Å²) in [6, 6.07) is 32.7. The van der Waals surface area contributed by atoms with E-state index in [0.717, 1.165) is 44.2 Å². The minimum absolute atomic E-state index is 0.184. The standard InChI is InChI=1S/C38H22IN3O2/c39-42-28-13-4-3-12-27(28)40-35-26-19-32-33(23-9-2-6-15-30(23)44-32)34-24-11-7-10-21(36(24)41(37(26)34)38(35)42)20-16-17-31-25(18-20)22-8-1-5-14-29(22)43-31/h1-19,27-28,40H. The molecule has 0 bridgehead atoms. The lowest BCUT2D eigenvalue weighted by Gasteiger charge is -2.38. The van der Waals surface area contributed by atoms with Crippen LogP contribution in [0.5, 0.6) is 0 Å². The van der Waals surface area contributed by atoms with Gasteiger partial charge in [-0.1, -0.05) is 85.0 Å². The molecule has 0 amide bonds. The minimum atomic E-state index is 0.184. The molecule has 11 rings (SSSR count). The molecule has 1 aliphatic carbocycles. The molecule has 2 aliphatic rings. The highest BCUT2D eigenvalue weighted by molar-refractivity contribution is 14.1. The highest BCUT2D eigenvalue weighted by Gasteiger charge is 2.37. The first-order chi connectivity index (χ1) is 21.7. The van der Waals surface area contributed by atoms with E-state index >= 15 is 0 Å². The third-order valence-electron chi connectivity index (χ3n) is 9.67. The number of hydrogen-bond acceptors (Lipinski definition) is 4. The summed E-state index contributed by atoms with van der Waals surface area (Å²) in [4.78, 5) is 0. The van der Waals surface area contributed by atoms with Crippen LogP contribution in [0, 0.1) is 0 Å². The number of nitrogens with one attached hydrogen (secondary N) is 1. The van der Waals surface area contributed by atoms with E-state index in [1.165, 1.54) is 49.5 Å². The first-order valence-corrected chi connectivity index (χ1v) is 15.9. The Labute approximate surface area is 264 Å². The van der Waals surface area contributed by atoms with E-state index in [1.54, 1.807) is 0 Å². The molecule has 5 heterocycles. The van der Waals surface area contributed by atoms with Gasteiger partial charge in [0.2, 0.25) is 0 Å². The second kappa shape index (κ2) is 8.15. The van der Waals surface area contributed by atoms with Crippen molar-refractivity contribution in [3.05, 3.63) is 115 Å². The van der Waals surface area contributed by atoms with Gasteiger partial charge in [0.05, 0.1) is 51.7 Å².